The molecule has 4 atom stereocenters. The highest BCUT2D eigenvalue weighted by atomic mass is 16.5. The van der Waals surface area contributed by atoms with Crippen LogP contribution in [-0.4, -0.2) is 54.5 Å². The van der Waals surface area contributed by atoms with Crippen molar-refractivity contribution in [3.05, 3.63) is 41.5 Å². The quantitative estimate of drug-likeness (QED) is 0.751. The van der Waals surface area contributed by atoms with Gasteiger partial charge in [-0.3, -0.25) is 9.69 Å². The summed E-state index contributed by atoms with van der Waals surface area (Å²) in [5, 5.41) is 0. The first kappa shape index (κ1) is 18.2. The van der Waals surface area contributed by atoms with Gasteiger partial charge >= 0.3 is 0 Å². The van der Waals surface area contributed by atoms with E-state index < -0.39 is 0 Å². The second kappa shape index (κ2) is 7.55. The Morgan fingerprint density at radius 2 is 2.00 bits per heavy atom. The van der Waals surface area contributed by atoms with Crippen molar-refractivity contribution in [1.29, 1.82) is 0 Å². The van der Waals surface area contributed by atoms with Crippen LogP contribution in [0.3, 0.4) is 0 Å². The van der Waals surface area contributed by atoms with E-state index in [1.165, 1.54) is 45.2 Å². The fourth-order valence-electron chi connectivity index (χ4n) is 6.27. The average molecular weight is 381 g/mol. The van der Waals surface area contributed by atoms with Gasteiger partial charge in [-0.25, -0.2) is 0 Å². The molecule has 2 unspecified atom stereocenters. The molecule has 28 heavy (non-hydrogen) atoms. The predicted molar refractivity (Wildman–Crippen MR) is 110 cm³/mol. The molecule has 1 aromatic rings. The Hall–Kier alpha value is -1.81. The highest BCUT2D eigenvalue weighted by Gasteiger charge is 2.46. The predicted octanol–water partition coefficient (Wildman–Crippen LogP) is 3.66. The summed E-state index contributed by atoms with van der Waals surface area (Å²) in [7, 11) is 1.68. The van der Waals surface area contributed by atoms with Gasteiger partial charge in [0, 0.05) is 19.1 Å². The number of fused-ring (bicyclic) bond motifs is 6. The van der Waals surface area contributed by atoms with E-state index in [-0.39, 0.29) is 0 Å². The van der Waals surface area contributed by atoms with Gasteiger partial charge in [0.05, 0.1) is 19.6 Å². The first-order valence-corrected chi connectivity index (χ1v) is 11.1. The zero-order valence-corrected chi connectivity index (χ0v) is 17.0. The van der Waals surface area contributed by atoms with E-state index in [9.17, 15) is 4.79 Å². The summed E-state index contributed by atoms with van der Waals surface area (Å²) in [5.41, 5.74) is 2.65. The van der Waals surface area contributed by atoms with Crippen molar-refractivity contribution in [3.63, 3.8) is 0 Å². The molecule has 3 fully saturated rings. The van der Waals surface area contributed by atoms with E-state index in [2.05, 4.69) is 15.9 Å². The topological polar surface area (TPSA) is 32.8 Å². The highest BCUT2D eigenvalue weighted by Crippen LogP contribution is 2.45. The molecule has 1 amide bonds. The average Bonchev–Trinajstić information content (AvgIpc) is 2.74. The summed E-state index contributed by atoms with van der Waals surface area (Å²) >= 11 is 0. The summed E-state index contributed by atoms with van der Waals surface area (Å²) in [6, 6.07) is 9.06. The van der Waals surface area contributed by atoms with Crippen LogP contribution in [0.2, 0.25) is 0 Å². The maximum absolute atomic E-state index is 13.3. The summed E-state index contributed by atoms with van der Waals surface area (Å²) in [6.45, 7) is 3.37. The molecule has 0 radical (unpaired) electrons. The van der Waals surface area contributed by atoms with E-state index in [1.807, 2.05) is 24.3 Å². The molecule has 1 aliphatic carbocycles. The van der Waals surface area contributed by atoms with Crippen molar-refractivity contribution >= 4 is 5.91 Å². The lowest BCUT2D eigenvalue weighted by molar-refractivity contribution is -0.135. The fourth-order valence-corrected chi connectivity index (χ4v) is 6.27. The van der Waals surface area contributed by atoms with Crippen LogP contribution < -0.4 is 4.74 Å². The van der Waals surface area contributed by atoms with Crippen molar-refractivity contribution < 1.29 is 9.53 Å². The van der Waals surface area contributed by atoms with Crippen LogP contribution in [0.1, 0.15) is 44.1 Å². The molecule has 1 aromatic carbocycles. The summed E-state index contributed by atoms with van der Waals surface area (Å²) in [5.74, 6) is 2.48. The van der Waals surface area contributed by atoms with Crippen molar-refractivity contribution in [2.75, 3.05) is 26.7 Å². The molecule has 4 heteroatoms. The number of hydrogen-bond acceptors (Lipinski definition) is 3. The third-order valence-electron chi connectivity index (χ3n) is 7.49. The van der Waals surface area contributed by atoms with Gasteiger partial charge in [-0.1, -0.05) is 30.2 Å². The van der Waals surface area contributed by atoms with Gasteiger partial charge in [0.2, 0.25) is 5.91 Å². The number of ether oxygens (including phenoxy) is 1. The molecule has 3 saturated heterocycles. The Balaban J connectivity index is 1.35. The van der Waals surface area contributed by atoms with Crippen LogP contribution in [0, 0.1) is 11.8 Å². The largest absolute Gasteiger partial charge is 0.497 e. The van der Waals surface area contributed by atoms with Gasteiger partial charge in [0.25, 0.3) is 0 Å². The molecule has 2 bridgehead atoms. The number of piperidine rings is 3. The Morgan fingerprint density at radius 1 is 1.14 bits per heavy atom. The summed E-state index contributed by atoms with van der Waals surface area (Å²) in [6.07, 6.45) is 10.8. The molecule has 4 nitrogen and oxygen atoms in total. The number of carbonyl (C=O) groups is 1. The van der Waals surface area contributed by atoms with Gasteiger partial charge in [0.1, 0.15) is 5.75 Å². The van der Waals surface area contributed by atoms with Crippen LogP contribution in [0.4, 0.5) is 0 Å². The third-order valence-corrected chi connectivity index (χ3v) is 7.49. The minimum atomic E-state index is 0.292. The number of rotatable bonds is 3. The highest BCUT2D eigenvalue weighted by molar-refractivity contribution is 5.80. The molecule has 0 aromatic heterocycles. The number of benzene rings is 1. The monoisotopic (exact) mass is 380 g/mol. The Morgan fingerprint density at radius 3 is 2.82 bits per heavy atom. The summed E-state index contributed by atoms with van der Waals surface area (Å²) in [4.78, 5) is 18.2. The van der Waals surface area contributed by atoms with E-state index in [1.54, 1.807) is 12.7 Å². The van der Waals surface area contributed by atoms with Crippen LogP contribution in [-0.2, 0) is 11.2 Å². The van der Waals surface area contributed by atoms with Crippen LogP contribution in [0.15, 0.2) is 35.9 Å². The lowest BCUT2D eigenvalue weighted by Crippen LogP contribution is -2.60. The number of hydrogen-bond donors (Lipinski definition) is 0. The van der Waals surface area contributed by atoms with Crippen molar-refractivity contribution in [3.8, 4) is 5.75 Å². The van der Waals surface area contributed by atoms with Gasteiger partial charge in [0.15, 0.2) is 0 Å². The molecular weight excluding hydrogens is 348 g/mol. The molecule has 0 saturated carbocycles. The van der Waals surface area contributed by atoms with Crippen LogP contribution >= 0.6 is 0 Å². The Bertz CT molecular complexity index is 756. The number of nitrogens with zero attached hydrogens (tertiary/aromatic N) is 2. The van der Waals surface area contributed by atoms with E-state index in [0.717, 1.165) is 36.2 Å². The lowest BCUT2D eigenvalue weighted by atomic mass is 9.68. The standard InChI is InChI=1S/C24H32N2O2/c1-28-21-9-7-17(8-10-21)13-23(27)26-12-4-5-18-14-19-15-20(24(18)26)16-25-11-3-2-6-22(19)25/h7-10,14,19-20,22,24H,2-6,11-13,15-16H2,1H3/t19?,20?,22-,24-/m1/s1. The van der Waals surface area contributed by atoms with Crippen LogP contribution in [0.25, 0.3) is 0 Å². The van der Waals surface area contributed by atoms with Gasteiger partial charge < -0.3 is 9.64 Å². The second-order valence-electron chi connectivity index (χ2n) is 9.12. The van der Waals surface area contributed by atoms with Crippen molar-refractivity contribution in [2.24, 2.45) is 11.8 Å². The van der Waals surface area contributed by atoms with Crippen molar-refractivity contribution in [1.82, 2.24) is 9.80 Å². The summed E-state index contributed by atoms with van der Waals surface area (Å²) < 4.78 is 5.24. The van der Waals surface area contributed by atoms with Gasteiger partial charge in [-0.15, -0.1) is 0 Å². The zero-order valence-electron chi connectivity index (χ0n) is 17.0. The van der Waals surface area contributed by atoms with E-state index in [4.69, 9.17) is 4.74 Å². The third kappa shape index (κ3) is 3.26. The first-order valence-electron chi connectivity index (χ1n) is 11.1. The molecular formula is C24H32N2O2. The molecule has 150 valence electrons. The molecule has 4 aliphatic rings. The minimum absolute atomic E-state index is 0.292. The smallest absolute Gasteiger partial charge is 0.227 e. The lowest BCUT2D eigenvalue weighted by Gasteiger charge is -2.54. The van der Waals surface area contributed by atoms with Gasteiger partial charge in [-0.2, -0.15) is 0 Å². The fraction of sp³-hybridized carbons (Fsp3) is 0.625. The number of methoxy groups -OCH3 is 1. The molecule has 0 spiro atoms. The Kier molecular flexibility index (Phi) is 4.92. The van der Waals surface area contributed by atoms with Gasteiger partial charge in [-0.05, 0) is 68.2 Å². The van der Waals surface area contributed by atoms with Crippen LogP contribution in [0.5, 0.6) is 5.75 Å². The maximum atomic E-state index is 13.3. The van der Waals surface area contributed by atoms with Crippen molar-refractivity contribution in [2.45, 2.75) is 57.0 Å². The number of carbonyl (C=O) groups excluding carboxylic acids is 1. The van der Waals surface area contributed by atoms with E-state index >= 15 is 0 Å². The second-order valence-corrected chi connectivity index (χ2v) is 9.12. The number of amides is 1. The molecule has 0 N–H and O–H groups in total. The first-order chi connectivity index (χ1) is 13.7. The maximum Gasteiger partial charge on any atom is 0.227 e. The molecule has 3 aliphatic heterocycles. The Labute approximate surface area is 168 Å². The van der Waals surface area contributed by atoms with E-state index in [0.29, 0.717) is 24.3 Å². The normalized spacial score (nSPS) is 32.2. The minimum Gasteiger partial charge on any atom is -0.497 e. The SMILES string of the molecule is COc1ccc(CC(=O)N2CCCC3=CC4CC(CN5CCCC[C@H]45)[C@@H]32)cc1. The molecule has 5 rings (SSSR count). The number of likely N-dealkylation sites (tertiary alicyclic amines) is 1. The molecule has 3 heterocycles. The zero-order chi connectivity index (χ0) is 19.1.